The predicted octanol–water partition coefficient (Wildman–Crippen LogP) is 3.93. The van der Waals surface area contributed by atoms with E-state index >= 15 is 0 Å². The standard InChI is InChI=1S/C17H26N2OS/c1-2-6-16(18)17(20)19-14-8-5-7-13(11-14)12-21-15-9-3-4-10-15/h5,7-8,11,15-16H,2-4,6,9-10,12,18H2,1H3,(H,19,20). The maximum absolute atomic E-state index is 11.9. The lowest BCUT2D eigenvalue weighted by Crippen LogP contribution is -2.35. The molecule has 116 valence electrons. The number of benzene rings is 1. The van der Waals surface area contributed by atoms with E-state index in [2.05, 4.69) is 17.4 Å². The van der Waals surface area contributed by atoms with E-state index in [0.29, 0.717) is 0 Å². The Balaban J connectivity index is 1.86. The van der Waals surface area contributed by atoms with Crippen LogP contribution in [0.3, 0.4) is 0 Å². The highest BCUT2D eigenvalue weighted by Gasteiger charge is 2.15. The predicted molar refractivity (Wildman–Crippen MR) is 91.5 cm³/mol. The third kappa shape index (κ3) is 5.36. The van der Waals surface area contributed by atoms with Gasteiger partial charge >= 0.3 is 0 Å². The molecule has 1 aliphatic carbocycles. The topological polar surface area (TPSA) is 55.1 Å². The molecule has 0 bridgehead atoms. The minimum Gasteiger partial charge on any atom is -0.325 e. The first-order valence-electron chi connectivity index (χ1n) is 7.96. The van der Waals surface area contributed by atoms with Crippen molar-refractivity contribution >= 4 is 23.4 Å². The van der Waals surface area contributed by atoms with Gasteiger partial charge in [0.1, 0.15) is 0 Å². The molecule has 3 nitrogen and oxygen atoms in total. The van der Waals surface area contributed by atoms with Gasteiger partial charge in [0.2, 0.25) is 5.91 Å². The first-order valence-corrected chi connectivity index (χ1v) is 9.01. The Morgan fingerprint density at radius 1 is 1.43 bits per heavy atom. The lowest BCUT2D eigenvalue weighted by molar-refractivity contribution is -0.117. The monoisotopic (exact) mass is 306 g/mol. The van der Waals surface area contributed by atoms with Crippen LogP contribution in [0.5, 0.6) is 0 Å². The molecule has 0 aliphatic heterocycles. The van der Waals surface area contributed by atoms with Crippen LogP contribution in [0.2, 0.25) is 0 Å². The molecule has 0 radical (unpaired) electrons. The van der Waals surface area contributed by atoms with Gasteiger partial charge < -0.3 is 11.1 Å². The third-order valence-electron chi connectivity index (χ3n) is 3.92. The molecule has 2 rings (SSSR count). The maximum Gasteiger partial charge on any atom is 0.241 e. The van der Waals surface area contributed by atoms with E-state index in [-0.39, 0.29) is 5.91 Å². The molecule has 1 unspecified atom stereocenters. The summed E-state index contributed by atoms with van der Waals surface area (Å²) >= 11 is 2.04. The van der Waals surface area contributed by atoms with E-state index < -0.39 is 6.04 Å². The van der Waals surface area contributed by atoms with Gasteiger partial charge in [-0.3, -0.25) is 4.79 Å². The van der Waals surface area contributed by atoms with Crippen molar-refractivity contribution in [3.05, 3.63) is 29.8 Å². The van der Waals surface area contributed by atoms with Crippen molar-refractivity contribution in [3.8, 4) is 0 Å². The van der Waals surface area contributed by atoms with Crippen molar-refractivity contribution < 1.29 is 4.79 Å². The maximum atomic E-state index is 11.9. The number of thioether (sulfide) groups is 1. The molecule has 1 aromatic rings. The molecule has 0 saturated heterocycles. The zero-order chi connectivity index (χ0) is 15.1. The van der Waals surface area contributed by atoms with Crippen molar-refractivity contribution in [3.63, 3.8) is 0 Å². The molecule has 1 aliphatic rings. The second kappa shape index (κ2) is 8.44. The summed E-state index contributed by atoms with van der Waals surface area (Å²) in [4.78, 5) is 11.9. The molecular formula is C17H26N2OS. The van der Waals surface area contributed by atoms with Crippen LogP contribution in [0.25, 0.3) is 0 Å². The van der Waals surface area contributed by atoms with Crippen LogP contribution in [0.4, 0.5) is 5.69 Å². The summed E-state index contributed by atoms with van der Waals surface area (Å²) in [5.74, 6) is 0.938. The Bertz CT molecular complexity index is 458. The fourth-order valence-corrected chi connectivity index (χ4v) is 3.96. The van der Waals surface area contributed by atoms with Crippen LogP contribution in [-0.4, -0.2) is 17.2 Å². The van der Waals surface area contributed by atoms with Gasteiger partial charge in [0.05, 0.1) is 6.04 Å². The van der Waals surface area contributed by atoms with E-state index in [1.54, 1.807) is 0 Å². The molecule has 0 heterocycles. The molecule has 4 heteroatoms. The molecule has 1 aromatic carbocycles. The van der Waals surface area contributed by atoms with Gasteiger partial charge in [-0.25, -0.2) is 0 Å². The average molecular weight is 306 g/mol. The second-order valence-corrected chi connectivity index (χ2v) is 7.09. The summed E-state index contributed by atoms with van der Waals surface area (Å²) in [6, 6.07) is 7.72. The SMILES string of the molecule is CCCC(N)C(=O)Nc1cccc(CSC2CCCC2)c1. The molecule has 1 fully saturated rings. The van der Waals surface area contributed by atoms with Crippen LogP contribution >= 0.6 is 11.8 Å². The number of carbonyl (C=O) groups excluding carboxylic acids is 1. The highest BCUT2D eigenvalue weighted by molar-refractivity contribution is 7.99. The fraction of sp³-hybridized carbons (Fsp3) is 0.588. The normalized spacial score (nSPS) is 16.9. The Hall–Kier alpha value is -1.00. The zero-order valence-electron chi connectivity index (χ0n) is 12.8. The summed E-state index contributed by atoms with van der Waals surface area (Å²) in [6.45, 7) is 2.04. The van der Waals surface area contributed by atoms with Gasteiger partial charge in [0, 0.05) is 16.7 Å². The number of amides is 1. The number of hydrogen-bond acceptors (Lipinski definition) is 3. The van der Waals surface area contributed by atoms with Crippen molar-refractivity contribution in [2.24, 2.45) is 5.73 Å². The van der Waals surface area contributed by atoms with Crippen molar-refractivity contribution in [1.82, 2.24) is 0 Å². The summed E-state index contributed by atoms with van der Waals surface area (Å²) in [7, 11) is 0. The highest BCUT2D eigenvalue weighted by Crippen LogP contribution is 2.31. The fourth-order valence-electron chi connectivity index (χ4n) is 2.69. The molecular weight excluding hydrogens is 280 g/mol. The van der Waals surface area contributed by atoms with E-state index in [9.17, 15) is 4.79 Å². The molecule has 21 heavy (non-hydrogen) atoms. The summed E-state index contributed by atoms with van der Waals surface area (Å²) in [6.07, 6.45) is 7.11. The van der Waals surface area contributed by atoms with Gasteiger partial charge in [-0.1, -0.05) is 38.3 Å². The molecule has 0 aromatic heterocycles. The number of hydrogen-bond donors (Lipinski definition) is 2. The number of nitrogens with two attached hydrogens (primary N) is 1. The Labute approximate surface area is 132 Å². The average Bonchev–Trinajstić information content (AvgIpc) is 2.99. The Morgan fingerprint density at radius 3 is 2.90 bits per heavy atom. The van der Waals surface area contributed by atoms with E-state index in [0.717, 1.165) is 29.5 Å². The molecule has 1 saturated carbocycles. The van der Waals surface area contributed by atoms with Crippen molar-refractivity contribution in [1.29, 1.82) is 0 Å². The summed E-state index contributed by atoms with van der Waals surface area (Å²) in [5.41, 5.74) is 7.97. The third-order valence-corrected chi connectivity index (χ3v) is 5.36. The van der Waals surface area contributed by atoms with E-state index in [1.807, 2.05) is 30.8 Å². The minimum atomic E-state index is -0.411. The smallest absolute Gasteiger partial charge is 0.241 e. The van der Waals surface area contributed by atoms with Crippen LogP contribution in [0.15, 0.2) is 24.3 Å². The van der Waals surface area contributed by atoms with E-state index in [4.69, 9.17) is 5.73 Å². The lowest BCUT2D eigenvalue weighted by atomic mass is 10.1. The molecule has 3 N–H and O–H groups in total. The minimum absolute atomic E-state index is 0.0857. The Morgan fingerprint density at radius 2 is 2.19 bits per heavy atom. The summed E-state index contributed by atoms with van der Waals surface area (Å²) < 4.78 is 0. The Kier molecular flexibility index (Phi) is 6.58. The number of rotatable bonds is 7. The first kappa shape index (κ1) is 16.4. The van der Waals surface area contributed by atoms with Gasteiger partial charge in [-0.05, 0) is 37.0 Å². The quantitative estimate of drug-likeness (QED) is 0.802. The number of nitrogens with one attached hydrogen (secondary N) is 1. The van der Waals surface area contributed by atoms with Crippen molar-refractivity contribution in [2.75, 3.05) is 5.32 Å². The van der Waals surface area contributed by atoms with Gasteiger partial charge in [-0.2, -0.15) is 11.8 Å². The second-order valence-electron chi connectivity index (χ2n) is 5.80. The van der Waals surface area contributed by atoms with Gasteiger partial charge in [-0.15, -0.1) is 0 Å². The molecule has 0 spiro atoms. The molecule has 1 atom stereocenters. The largest absolute Gasteiger partial charge is 0.325 e. The highest BCUT2D eigenvalue weighted by atomic mass is 32.2. The lowest BCUT2D eigenvalue weighted by Gasteiger charge is -2.13. The van der Waals surface area contributed by atoms with Crippen LogP contribution in [-0.2, 0) is 10.5 Å². The van der Waals surface area contributed by atoms with Crippen LogP contribution in [0, 0.1) is 0 Å². The number of anilines is 1. The number of carbonyl (C=O) groups is 1. The van der Waals surface area contributed by atoms with Crippen LogP contribution < -0.4 is 11.1 Å². The first-order chi connectivity index (χ1) is 10.2. The van der Waals surface area contributed by atoms with Gasteiger partial charge in [0.25, 0.3) is 0 Å². The zero-order valence-corrected chi connectivity index (χ0v) is 13.6. The van der Waals surface area contributed by atoms with Crippen LogP contribution in [0.1, 0.15) is 51.0 Å². The van der Waals surface area contributed by atoms with Gasteiger partial charge in [0.15, 0.2) is 0 Å². The van der Waals surface area contributed by atoms with E-state index in [1.165, 1.54) is 31.2 Å². The molecule has 1 amide bonds. The summed E-state index contributed by atoms with van der Waals surface area (Å²) in [5, 5.41) is 3.74. The van der Waals surface area contributed by atoms with Crippen molar-refractivity contribution in [2.45, 2.75) is 62.5 Å².